The molecule has 27 heavy (non-hydrogen) atoms. The van der Waals surface area contributed by atoms with E-state index in [0.29, 0.717) is 50.2 Å². The maximum absolute atomic E-state index is 13.5. The molecule has 0 spiro atoms. The fourth-order valence-electron chi connectivity index (χ4n) is 3.38. The van der Waals surface area contributed by atoms with E-state index in [-0.39, 0.29) is 18.6 Å². The molecule has 0 aliphatic carbocycles. The van der Waals surface area contributed by atoms with Crippen molar-refractivity contribution in [1.82, 2.24) is 14.5 Å². The van der Waals surface area contributed by atoms with Crippen molar-refractivity contribution in [3.63, 3.8) is 0 Å². The molecule has 0 bridgehead atoms. The summed E-state index contributed by atoms with van der Waals surface area (Å²) in [6.07, 6.45) is -3.65. The Balaban J connectivity index is 1.70. The number of amides is 1. The van der Waals surface area contributed by atoms with Crippen molar-refractivity contribution in [3.05, 3.63) is 30.1 Å². The lowest BCUT2D eigenvalue weighted by atomic mass is 10.0. The lowest BCUT2D eigenvalue weighted by molar-refractivity contribution is -0.148. The van der Waals surface area contributed by atoms with Crippen LogP contribution < -0.4 is 0 Å². The summed E-state index contributed by atoms with van der Waals surface area (Å²) in [6.45, 7) is 1.47. The number of imidazole rings is 1. The highest BCUT2D eigenvalue weighted by Gasteiger charge is 2.40. The third kappa shape index (κ3) is 4.41. The molecule has 1 aromatic heterocycles. The van der Waals surface area contributed by atoms with Crippen molar-refractivity contribution in [2.45, 2.75) is 25.1 Å². The minimum atomic E-state index is -4.53. The minimum absolute atomic E-state index is 0.0458. The molecular formula is C18H22F3N3O3. The van der Waals surface area contributed by atoms with E-state index in [9.17, 15) is 18.0 Å². The summed E-state index contributed by atoms with van der Waals surface area (Å²) in [5.74, 6) is -1.03. The van der Waals surface area contributed by atoms with Gasteiger partial charge < -0.3 is 18.9 Å². The zero-order chi connectivity index (χ0) is 19.4. The van der Waals surface area contributed by atoms with E-state index in [2.05, 4.69) is 4.98 Å². The van der Waals surface area contributed by atoms with Gasteiger partial charge in [-0.1, -0.05) is 12.1 Å². The van der Waals surface area contributed by atoms with Crippen LogP contribution >= 0.6 is 0 Å². The van der Waals surface area contributed by atoms with Gasteiger partial charge >= 0.3 is 6.18 Å². The first-order valence-electron chi connectivity index (χ1n) is 8.80. The number of piperidine rings is 1. The second kappa shape index (κ2) is 8.26. The summed E-state index contributed by atoms with van der Waals surface area (Å²) in [7, 11) is 1.55. The zero-order valence-corrected chi connectivity index (χ0v) is 15.0. The van der Waals surface area contributed by atoms with Gasteiger partial charge in [0, 0.05) is 26.2 Å². The molecule has 1 amide bonds. The lowest BCUT2D eigenvalue weighted by Gasteiger charge is -2.33. The third-order valence-electron chi connectivity index (χ3n) is 4.69. The van der Waals surface area contributed by atoms with Crippen LogP contribution in [0, 0.1) is 0 Å². The molecule has 0 N–H and O–H groups in total. The molecule has 9 heteroatoms. The number of para-hydroxylation sites is 2. The van der Waals surface area contributed by atoms with E-state index in [1.807, 2.05) is 0 Å². The Morgan fingerprint density at radius 2 is 1.93 bits per heavy atom. The van der Waals surface area contributed by atoms with Crippen LogP contribution in [0.25, 0.3) is 11.0 Å². The Hall–Kier alpha value is -2.13. The van der Waals surface area contributed by atoms with Gasteiger partial charge in [0.15, 0.2) is 0 Å². The number of aromatic nitrogens is 2. The van der Waals surface area contributed by atoms with Gasteiger partial charge in [-0.15, -0.1) is 0 Å². The summed E-state index contributed by atoms with van der Waals surface area (Å²) in [6, 6.07) is 6.25. The molecule has 0 unspecified atom stereocenters. The number of rotatable bonds is 6. The molecule has 148 valence electrons. The van der Waals surface area contributed by atoms with E-state index >= 15 is 0 Å². The predicted octanol–water partition coefficient (Wildman–Crippen LogP) is 2.88. The number of likely N-dealkylation sites (tertiary alicyclic amines) is 1. The highest BCUT2D eigenvalue weighted by atomic mass is 19.4. The van der Waals surface area contributed by atoms with Crippen LogP contribution in [0.1, 0.15) is 24.7 Å². The molecule has 0 saturated carbocycles. The Labute approximate surface area is 154 Å². The molecule has 6 nitrogen and oxygen atoms in total. The van der Waals surface area contributed by atoms with Crippen molar-refractivity contribution >= 4 is 16.9 Å². The Bertz CT molecular complexity index is 783. The summed E-state index contributed by atoms with van der Waals surface area (Å²) in [5.41, 5.74) is 0.798. The SMILES string of the molecule is COCCOCC(=O)N1CCC(n2c(C(F)(F)F)nc3ccccc32)CC1. The maximum Gasteiger partial charge on any atom is 0.449 e. The van der Waals surface area contributed by atoms with Gasteiger partial charge in [-0.3, -0.25) is 4.79 Å². The van der Waals surface area contributed by atoms with E-state index in [1.165, 1.54) is 4.57 Å². The molecule has 2 heterocycles. The highest BCUT2D eigenvalue weighted by molar-refractivity contribution is 5.78. The number of carbonyl (C=O) groups is 1. The number of fused-ring (bicyclic) bond motifs is 1. The van der Waals surface area contributed by atoms with Crippen molar-refractivity contribution in [2.75, 3.05) is 40.0 Å². The number of benzene rings is 1. The number of nitrogens with zero attached hydrogens (tertiary/aromatic N) is 3. The quantitative estimate of drug-likeness (QED) is 0.718. The number of hydrogen-bond donors (Lipinski definition) is 0. The first-order chi connectivity index (χ1) is 12.9. The number of ether oxygens (including phenoxy) is 2. The van der Waals surface area contributed by atoms with Crippen LogP contribution in [0.3, 0.4) is 0 Å². The van der Waals surface area contributed by atoms with Crippen molar-refractivity contribution in [1.29, 1.82) is 0 Å². The monoisotopic (exact) mass is 385 g/mol. The highest BCUT2D eigenvalue weighted by Crippen LogP contribution is 2.36. The van der Waals surface area contributed by atoms with Gasteiger partial charge in [-0.25, -0.2) is 4.98 Å². The number of carbonyl (C=O) groups excluding carboxylic acids is 1. The van der Waals surface area contributed by atoms with E-state index in [0.717, 1.165) is 0 Å². The van der Waals surface area contributed by atoms with Crippen LogP contribution in [0.15, 0.2) is 24.3 Å². The number of methoxy groups -OCH3 is 1. The van der Waals surface area contributed by atoms with Crippen LogP contribution in [0.5, 0.6) is 0 Å². The molecule has 1 aliphatic heterocycles. The van der Waals surface area contributed by atoms with Gasteiger partial charge in [0.2, 0.25) is 11.7 Å². The van der Waals surface area contributed by atoms with E-state index < -0.39 is 12.0 Å². The zero-order valence-electron chi connectivity index (χ0n) is 15.0. The molecular weight excluding hydrogens is 363 g/mol. The fraction of sp³-hybridized carbons (Fsp3) is 0.556. The van der Waals surface area contributed by atoms with Gasteiger partial charge in [0.25, 0.3) is 0 Å². The number of alkyl halides is 3. The van der Waals surface area contributed by atoms with Crippen molar-refractivity contribution < 1.29 is 27.4 Å². The first kappa shape index (κ1) is 19.6. The van der Waals surface area contributed by atoms with Crippen molar-refractivity contribution in [3.8, 4) is 0 Å². The van der Waals surface area contributed by atoms with Crippen LogP contribution in [-0.2, 0) is 20.4 Å². The summed E-state index contributed by atoms with van der Waals surface area (Å²) in [4.78, 5) is 17.6. The van der Waals surface area contributed by atoms with E-state index in [1.54, 1.807) is 36.3 Å². The molecule has 3 rings (SSSR count). The minimum Gasteiger partial charge on any atom is -0.382 e. The second-order valence-corrected chi connectivity index (χ2v) is 6.45. The van der Waals surface area contributed by atoms with Gasteiger partial charge in [0.1, 0.15) is 6.61 Å². The molecule has 2 aromatic rings. The number of halogens is 3. The van der Waals surface area contributed by atoms with E-state index in [4.69, 9.17) is 9.47 Å². The molecule has 1 aliphatic rings. The predicted molar refractivity (Wildman–Crippen MR) is 92.3 cm³/mol. The average Bonchev–Trinajstić information content (AvgIpc) is 3.05. The molecule has 1 aromatic carbocycles. The Morgan fingerprint density at radius 3 is 2.59 bits per heavy atom. The second-order valence-electron chi connectivity index (χ2n) is 6.45. The molecule has 0 radical (unpaired) electrons. The topological polar surface area (TPSA) is 56.6 Å². The summed E-state index contributed by atoms with van der Waals surface area (Å²) >= 11 is 0. The smallest absolute Gasteiger partial charge is 0.382 e. The fourth-order valence-corrected chi connectivity index (χ4v) is 3.38. The van der Waals surface area contributed by atoms with Crippen LogP contribution in [0.4, 0.5) is 13.2 Å². The van der Waals surface area contributed by atoms with Gasteiger partial charge in [-0.2, -0.15) is 13.2 Å². The third-order valence-corrected chi connectivity index (χ3v) is 4.69. The molecule has 1 saturated heterocycles. The summed E-state index contributed by atoms with van der Waals surface area (Å²) < 4.78 is 51.8. The van der Waals surface area contributed by atoms with Crippen molar-refractivity contribution in [2.24, 2.45) is 0 Å². The van der Waals surface area contributed by atoms with Gasteiger partial charge in [-0.05, 0) is 25.0 Å². The standard InChI is InChI=1S/C18H22F3N3O3/c1-26-10-11-27-12-16(25)23-8-6-13(7-9-23)24-15-5-3-2-4-14(15)22-17(24)18(19,20)21/h2-5,13H,6-12H2,1H3. The average molecular weight is 385 g/mol. The number of hydrogen-bond acceptors (Lipinski definition) is 4. The lowest BCUT2D eigenvalue weighted by Crippen LogP contribution is -2.41. The normalized spacial score (nSPS) is 16.2. The van der Waals surface area contributed by atoms with Crippen LogP contribution in [-0.4, -0.2) is 60.4 Å². The Morgan fingerprint density at radius 1 is 1.22 bits per heavy atom. The maximum atomic E-state index is 13.5. The largest absolute Gasteiger partial charge is 0.449 e. The Kier molecular flexibility index (Phi) is 6.01. The van der Waals surface area contributed by atoms with Crippen LogP contribution in [0.2, 0.25) is 0 Å². The summed E-state index contributed by atoms with van der Waals surface area (Å²) in [5, 5.41) is 0. The van der Waals surface area contributed by atoms with Gasteiger partial charge in [0.05, 0.1) is 24.2 Å². The molecule has 1 fully saturated rings. The first-order valence-corrected chi connectivity index (χ1v) is 8.80. The molecule has 0 atom stereocenters.